The molecule has 7 heteroatoms. The largest absolute Gasteiger partial charge is 0.419 e. The number of nitrogens with one attached hydrogen (secondary N) is 1. The summed E-state index contributed by atoms with van der Waals surface area (Å²) in [6.45, 7) is 3.99. The molecule has 0 spiro atoms. The second-order valence-electron chi connectivity index (χ2n) is 5.84. The number of carbonyl (C=O) groups is 1. The molecule has 2 heterocycles. The van der Waals surface area contributed by atoms with Gasteiger partial charge in [0.25, 0.3) is 5.91 Å². The van der Waals surface area contributed by atoms with Crippen LogP contribution in [0.3, 0.4) is 0 Å². The first kappa shape index (κ1) is 16.6. The fourth-order valence-corrected chi connectivity index (χ4v) is 2.36. The van der Waals surface area contributed by atoms with E-state index in [2.05, 4.69) is 15.2 Å². The van der Waals surface area contributed by atoms with Gasteiger partial charge in [0.2, 0.25) is 17.3 Å². The minimum Gasteiger partial charge on any atom is -0.419 e. The highest BCUT2D eigenvalue weighted by atomic mass is 16.4. The Balaban J connectivity index is 1.81. The van der Waals surface area contributed by atoms with Crippen molar-refractivity contribution in [3.63, 3.8) is 0 Å². The third-order valence-corrected chi connectivity index (χ3v) is 3.71. The predicted molar refractivity (Wildman–Crippen MR) is 91.8 cm³/mol. The zero-order valence-electron chi connectivity index (χ0n) is 14.0. The standard InChI is InChI=1S/C18H18N4O3/c1-12(2)22(18(24)14-8-9-15(23)19-10-14)11-16-20-21-17(25-16)13-6-4-3-5-7-13/h3-10,12H,11H2,1-2H3,(H,19,23). The van der Waals surface area contributed by atoms with E-state index in [1.807, 2.05) is 44.2 Å². The highest BCUT2D eigenvalue weighted by Gasteiger charge is 2.22. The maximum atomic E-state index is 12.7. The topological polar surface area (TPSA) is 92.1 Å². The average molecular weight is 338 g/mol. The van der Waals surface area contributed by atoms with Crippen molar-refractivity contribution in [1.82, 2.24) is 20.1 Å². The van der Waals surface area contributed by atoms with Crippen molar-refractivity contribution in [2.24, 2.45) is 0 Å². The molecule has 0 bridgehead atoms. The van der Waals surface area contributed by atoms with Crippen LogP contribution in [0.15, 0.2) is 57.9 Å². The van der Waals surface area contributed by atoms with Gasteiger partial charge in [-0.1, -0.05) is 18.2 Å². The van der Waals surface area contributed by atoms with Crippen LogP contribution in [0.2, 0.25) is 0 Å². The summed E-state index contributed by atoms with van der Waals surface area (Å²) in [5.74, 6) is 0.548. The van der Waals surface area contributed by atoms with Gasteiger partial charge in [-0.3, -0.25) is 9.59 Å². The minimum absolute atomic E-state index is 0.0773. The summed E-state index contributed by atoms with van der Waals surface area (Å²) in [5, 5.41) is 8.08. The lowest BCUT2D eigenvalue weighted by Gasteiger charge is -2.25. The molecule has 0 radical (unpaired) electrons. The van der Waals surface area contributed by atoms with Gasteiger partial charge >= 0.3 is 0 Å². The number of carbonyl (C=O) groups excluding carboxylic acids is 1. The smallest absolute Gasteiger partial charge is 0.256 e. The van der Waals surface area contributed by atoms with E-state index in [9.17, 15) is 9.59 Å². The van der Waals surface area contributed by atoms with Crippen LogP contribution in [-0.4, -0.2) is 32.0 Å². The molecule has 0 aliphatic heterocycles. The van der Waals surface area contributed by atoms with E-state index >= 15 is 0 Å². The first-order valence-corrected chi connectivity index (χ1v) is 7.92. The van der Waals surface area contributed by atoms with Gasteiger partial charge < -0.3 is 14.3 Å². The van der Waals surface area contributed by atoms with E-state index in [0.29, 0.717) is 17.3 Å². The molecule has 0 atom stereocenters. The number of amides is 1. The van der Waals surface area contributed by atoms with Crippen molar-refractivity contribution < 1.29 is 9.21 Å². The van der Waals surface area contributed by atoms with Gasteiger partial charge in [-0.05, 0) is 32.0 Å². The van der Waals surface area contributed by atoms with E-state index in [-0.39, 0.29) is 24.1 Å². The van der Waals surface area contributed by atoms with Crippen molar-refractivity contribution >= 4 is 5.91 Å². The number of pyridine rings is 1. The summed E-state index contributed by atoms with van der Waals surface area (Å²) in [5.41, 5.74) is 0.970. The molecule has 1 N–H and O–H groups in total. The van der Waals surface area contributed by atoms with Gasteiger partial charge in [0.15, 0.2) is 0 Å². The molecule has 1 amide bonds. The number of hydrogen-bond donors (Lipinski definition) is 1. The summed E-state index contributed by atoms with van der Waals surface area (Å²) < 4.78 is 5.68. The van der Waals surface area contributed by atoms with Crippen LogP contribution in [0.25, 0.3) is 11.5 Å². The fourth-order valence-electron chi connectivity index (χ4n) is 2.36. The number of benzene rings is 1. The number of rotatable bonds is 5. The van der Waals surface area contributed by atoms with Crippen LogP contribution in [-0.2, 0) is 6.54 Å². The average Bonchev–Trinajstić information content (AvgIpc) is 3.09. The molecule has 0 saturated heterocycles. The normalized spacial score (nSPS) is 10.8. The van der Waals surface area contributed by atoms with Crippen molar-refractivity contribution in [1.29, 1.82) is 0 Å². The molecule has 1 aromatic carbocycles. The summed E-state index contributed by atoms with van der Waals surface area (Å²) in [4.78, 5) is 28.0. The number of hydrogen-bond acceptors (Lipinski definition) is 5. The van der Waals surface area contributed by atoms with E-state index in [1.54, 1.807) is 4.90 Å². The molecule has 0 saturated carbocycles. The number of aromatic nitrogens is 3. The van der Waals surface area contributed by atoms with Crippen LogP contribution in [0.1, 0.15) is 30.1 Å². The van der Waals surface area contributed by atoms with E-state index < -0.39 is 0 Å². The lowest BCUT2D eigenvalue weighted by atomic mass is 10.2. The highest BCUT2D eigenvalue weighted by Crippen LogP contribution is 2.19. The lowest BCUT2D eigenvalue weighted by molar-refractivity contribution is 0.0672. The number of aromatic amines is 1. The van der Waals surface area contributed by atoms with Crippen LogP contribution in [0.5, 0.6) is 0 Å². The molecule has 0 aliphatic rings. The highest BCUT2D eigenvalue weighted by molar-refractivity contribution is 5.94. The van der Waals surface area contributed by atoms with E-state index in [1.165, 1.54) is 18.3 Å². The quantitative estimate of drug-likeness (QED) is 0.771. The Labute approximate surface area is 144 Å². The zero-order chi connectivity index (χ0) is 17.8. The first-order chi connectivity index (χ1) is 12.0. The van der Waals surface area contributed by atoms with Gasteiger partial charge in [0, 0.05) is 23.9 Å². The zero-order valence-corrected chi connectivity index (χ0v) is 14.0. The van der Waals surface area contributed by atoms with Gasteiger partial charge in [-0.15, -0.1) is 10.2 Å². The molecular formula is C18H18N4O3. The van der Waals surface area contributed by atoms with Crippen LogP contribution < -0.4 is 5.56 Å². The number of H-pyrrole nitrogens is 1. The van der Waals surface area contributed by atoms with Crippen molar-refractivity contribution in [2.75, 3.05) is 0 Å². The molecule has 128 valence electrons. The van der Waals surface area contributed by atoms with Crippen molar-refractivity contribution in [3.05, 3.63) is 70.5 Å². The number of nitrogens with zero attached hydrogens (tertiary/aromatic N) is 3. The maximum absolute atomic E-state index is 12.7. The summed E-state index contributed by atoms with van der Waals surface area (Å²) in [6.07, 6.45) is 1.41. The molecular weight excluding hydrogens is 320 g/mol. The summed E-state index contributed by atoms with van der Waals surface area (Å²) in [7, 11) is 0. The second-order valence-corrected chi connectivity index (χ2v) is 5.84. The van der Waals surface area contributed by atoms with Crippen molar-refractivity contribution in [2.45, 2.75) is 26.4 Å². The molecule has 0 fully saturated rings. The Morgan fingerprint density at radius 3 is 2.56 bits per heavy atom. The molecule has 3 aromatic rings. The second kappa shape index (κ2) is 7.12. The Morgan fingerprint density at radius 1 is 1.16 bits per heavy atom. The maximum Gasteiger partial charge on any atom is 0.256 e. The molecule has 25 heavy (non-hydrogen) atoms. The van der Waals surface area contributed by atoms with Crippen molar-refractivity contribution in [3.8, 4) is 11.5 Å². The monoisotopic (exact) mass is 338 g/mol. The fraction of sp³-hybridized carbons (Fsp3) is 0.222. The Bertz CT molecular complexity index is 895. The summed E-state index contributed by atoms with van der Waals surface area (Å²) in [6, 6.07) is 12.2. The molecule has 7 nitrogen and oxygen atoms in total. The summed E-state index contributed by atoms with van der Waals surface area (Å²) >= 11 is 0. The molecule has 2 aromatic heterocycles. The predicted octanol–water partition coefficient (Wildman–Crippen LogP) is 2.48. The van der Waals surface area contributed by atoms with Crippen LogP contribution in [0, 0.1) is 0 Å². The molecule has 0 unspecified atom stereocenters. The van der Waals surface area contributed by atoms with Crippen LogP contribution >= 0.6 is 0 Å². The van der Waals surface area contributed by atoms with E-state index in [4.69, 9.17) is 4.42 Å². The minimum atomic E-state index is -0.253. The molecule has 0 aliphatic carbocycles. The van der Waals surface area contributed by atoms with Gasteiger partial charge in [0.1, 0.15) is 0 Å². The van der Waals surface area contributed by atoms with Crippen LogP contribution in [0.4, 0.5) is 0 Å². The third kappa shape index (κ3) is 3.82. The lowest BCUT2D eigenvalue weighted by Crippen LogP contribution is -2.36. The third-order valence-electron chi connectivity index (χ3n) is 3.71. The van der Waals surface area contributed by atoms with Gasteiger partial charge in [-0.25, -0.2) is 0 Å². The Hall–Kier alpha value is -3.22. The SMILES string of the molecule is CC(C)N(Cc1nnc(-c2ccccc2)o1)C(=O)c1ccc(=O)[nH]c1. The van der Waals surface area contributed by atoms with Gasteiger partial charge in [-0.2, -0.15) is 0 Å². The van der Waals surface area contributed by atoms with E-state index in [0.717, 1.165) is 5.56 Å². The first-order valence-electron chi connectivity index (χ1n) is 7.92. The molecule has 3 rings (SSSR count). The Kier molecular flexibility index (Phi) is 4.74. The Morgan fingerprint density at radius 2 is 1.92 bits per heavy atom. The van der Waals surface area contributed by atoms with Gasteiger partial charge in [0.05, 0.1) is 12.1 Å².